The molecule has 0 amide bonds. The minimum Gasteiger partial charge on any atom is -0.325 e. The van der Waals surface area contributed by atoms with Gasteiger partial charge in [-0.2, -0.15) is 0 Å². The number of halogens is 6. The van der Waals surface area contributed by atoms with E-state index < -0.39 is 37.2 Å². The molecule has 0 saturated heterocycles. The van der Waals surface area contributed by atoms with Crippen molar-refractivity contribution in [3.05, 3.63) is 0 Å². The van der Waals surface area contributed by atoms with Crippen molar-refractivity contribution in [3.8, 4) is 0 Å². The maximum Gasteiger partial charge on any atom is 0.265 e. The maximum atomic E-state index is 12.6. The van der Waals surface area contributed by atoms with Gasteiger partial charge in [-0.05, 0) is 6.92 Å². The Labute approximate surface area is 77.3 Å². The predicted molar refractivity (Wildman–Crippen MR) is 38.8 cm³/mol. The van der Waals surface area contributed by atoms with Crippen LogP contribution in [0.3, 0.4) is 0 Å². The van der Waals surface area contributed by atoms with Gasteiger partial charge in [0.1, 0.15) is 0 Å². The summed E-state index contributed by atoms with van der Waals surface area (Å²) in [4.78, 5) is 0. The third kappa shape index (κ3) is 6.06. The lowest BCUT2D eigenvalue weighted by Crippen LogP contribution is -2.38. The van der Waals surface area contributed by atoms with Crippen molar-refractivity contribution < 1.29 is 26.3 Å². The van der Waals surface area contributed by atoms with Crippen LogP contribution in [0.15, 0.2) is 0 Å². The van der Waals surface area contributed by atoms with Crippen molar-refractivity contribution in [1.29, 1.82) is 0 Å². The minimum absolute atomic E-state index is 0.251. The first-order valence-corrected chi connectivity index (χ1v) is 3.81. The van der Waals surface area contributed by atoms with E-state index in [1.807, 2.05) is 0 Å². The summed E-state index contributed by atoms with van der Waals surface area (Å²) in [6, 6.07) is 0. The van der Waals surface area contributed by atoms with Crippen LogP contribution in [-0.4, -0.2) is 24.3 Å². The summed E-state index contributed by atoms with van der Waals surface area (Å²) in [6.45, 7) is -1.03. The standard InChI is InChI=1S/C7H11F6N/c1-5(8,9)2-6(10,11)3-7(12,13)4-14/h2-4,14H2,1H3. The highest BCUT2D eigenvalue weighted by atomic mass is 19.3. The van der Waals surface area contributed by atoms with Crippen LogP contribution in [0.4, 0.5) is 26.3 Å². The van der Waals surface area contributed by atoms with E-state index in [0.717, 1.165) is 0 Å². The second-order valence-electron chi connectivity index (χ2n) is 3.34. The summed E-state index contributed by atoms with van der Waals surface area (Å²) in [5.74, 6) is -11.6. The van der Waals surface area contributed by atoms with Gasteiger partial charge in [0.05, 0.1) is 19.4 Å². The SMILES string of the molecule is CC(F)(F)CC(F)(F)CC(F)(F)CN. The van der Waals surface area contributed by atoms with Gasteiger partial charge < -0.3 is 5.73 Å². The van der Waals surface area contributed by atoms with Crippen molar-refractivity contribution in [1.82, 2.24) is 0 Å². The Morgan fingerprint density at radius 2 is 1.29 bits per heavy atom. The van der Waals surface area contributed by atoms with Crippen LogP contribution in [-0.2, 0) is 0 Å². The molecular weight excluding hydrogens is 212 g/mol. The van der Waals surface area contributed by atoms with Gasteiger partial charge in [0.15, 0.2) is 0 Å². The molecule has 0 rings (SSSR count). The zero-order chi connectivity index (χ0) is 11.6. The van der Waals surface area contributed by atoms with E-state index in [0.29, 0.717) is 0 Å². The second kappa shape index (κ2) is 3.96. The highest BCUT2D eigenvalue weighted by molar-refractivity contribution is 4.81. The van der Waals surface area contributed by atoms with E-state index >= 15 is 0 Å². The fourth-order valence-corrected chi connectivity index (χ4v) is 0.967. The van der Waals surface area contributed by atoms with Gasteiger partial charge in [-0.15, -0.1) is 0 Å². The Hall–Kier alpha value is -0.460. The largest absolute Gasteiger partial charge is 0.325 e. The molecule has 0 unspecified atom stereocenters. The quantitative estimate of drug-likeness (QED) is 0.712. The first-order chi connectivity index (χ1) is 5.97. The molecule has 0 aliphatic carbocycles. The number of hydrogen-bond acceptors (Lipinski definition) is 1. The molecule has 0 fully saturated rings. The molecule has 86 valence electrons. The van der Waals surface area contributed by atoms with Gasteiger partial charge in [-0.3, -0.25) is 0 Å². The zero-order valence-electron chi connectivity index (χ0n) is 7.47. The van der Waals surface area contributed by atoms with E-state index in [1.54, 1.807) is 0 Å². The van der Waals surface area contributed by atoms with E-state index in [-0.39, 0.29) is 6.92 Å². The molecule has 0 aromatic carbocycles. The Kier molecular flexibility index (Phi) is 3.83. The monoisotopic (exact) mass is 223 g/mol. The summed E-state index contributed by atoms with van der Waals surface area (Å²) < 4.78 is 74.2. The molecule has 0 radical (unpaired) electrons. The van der Waals surface area contributed by atoms with Crippen LogP contribution < -0.4 is 5.73 Å². The number of alkyl halides is 6. The molecule has 14 heavy (non-hydrogen) atoms. The summed E-state index contributed by atoms with van der Waals surface area (Å²) in [5.41, 5.74) is 4.51. The molecule has 0 atom stereocenters. The smallest absolute Gasteiger partial charge is 0.265 e. The van der Waals surface area contributed by atoms with Gasteiger partial charge in [-0.1, -0.05) is 0 Å². The van der Waals surface area contributed by atoms with Gasteiger partial charge >= 0.3 is 0 Å². The zero-order valence-corrected chi connectivity index (χ0v) is 7.47. The molecule has 0 aromatic heterocycles. The molecule has 7 heteroatoms. The van der Waals surface area contributed by atoms with Crippen LogP contribution in [0.2, 0.25) is 0 Å². The summed E-state index contributed by atoms with van der Waals surface area (Å²) in [5, 5.41) is 0. The van der Waals surface area contributed by atoms with Gasteiger partial charge in [0, 0.05) is 0 Å². The van der Waals surface area contributed by atoms with Crippen LogP contribution in [0.5, 0.6) is 0 Å². The third-order valence-corrected chi connectivity index (χ3v) is 1.38. The molecule has 0 saturated carbocycles. The first-order valence-electron chi connectivity index (χ1n) is 3.81. The molecule has 2 N–H and O–H groups in total. The molecule has 0 spiro atoms. The lowest BCUT2D eigenvalue weighted by molar-refractivity contribution is -0.148. The molecule has 1 nitrogen and oxygen atoms in total. The average Bonchev–Trinajstić information content (AvgIpc) is 1.78. The van der Waals surface area contributed by atoms with Gasteiger partial charge in [0.25, 0.3) is 17.8 Å². The highest BCUT2D eigenvalue weighted by Crippen LogP contribution is 2.37. The molecular formula is C7H11F6N. The Balaban J connectivity index is 4.35. The van der Waals surface area contributed by atoms with E-state index in [1.165, 1.54) is 0 Å². The molecule has 0 aliphatic heterocycles. The van der Waals surface area contributed by atoms with Crippen molar-refractivity contribution in [3.63, 3.8) is 0 Å². The first kappa shape index (κ1) is 13.5. The number of nitrogens with two attached hydrogens (primary N) is 1. The molecule has 0 aromatic rings. The van der Waals surface area contributed by atoms with E-state index in [2.05, 4.69) is 5.73 Å². The Morgan fingerprint density at radius 3 is 1.57 bits per heavy atom. The average molecular weight is 223 g/mol. The third-order valence-electron chi connectivity index (χ3n) is 1.38. The van der Waals surface area contributed by atoms with Crippen molar-refractivity contribution in [2.75, 3.05) is 6.54 Å². The van der Waals surface area contributed by atoms with Crippen LogP contribution >= 0.6 is 0 Å². The van der Waals surface area contributed by atoms with E-state index in [9.17, 15) is 26.3 Å². The summed E-state index contributed by atoms with van der Waals surface area (Å²) in [7, 11) is 0. The lowest BCUT2D eigenvalue weighted by Gasteiger charge is -2.24. The topological polar surface area (TPSA) is 26.0 Å². The maximum absolute atomic E-state index is 12.6. The molecule has 0 bridgehead atoms. The van der Waals surface area contributed by atoms with Crippen LogP contribution in [0.1, 0.15) is 19.8 Å². The van der Waals surface area contributed by atoms with Crippen molar-refractivity contribution in [2.24, 2.45) is 5.73 Å². The minimum atomic E-state index is -4.11. The summed E-state index contributed by atoms with van der Waals surface area (Å²) in [6.07, 6.45) is -3.84. The fourth-order valence-electron chi connectivity index (χ4n) is 0.967. The number of hydrogen-bond donors (Lipinski definition) is 1. The van der Waals surface area contributed by atoms with Gasteiger partial charge in [0.2, 0.25) is 0 Å². The van der Waals surface area contributed by atoms with Crippen molar-refractivity contribution >= 4 is 0 Å². The highest BCUT2D eigenvalue weighted by Gasteiger charge is 2.47. The number of rotatable bonds is 5. The molecule has 0 aliphatic rings. The molecule has 0 heterocycles. The van der Waals surface area contributed by atoms with E-state index in [4.69, 9.17) is 0 Å². The fraction of sp³-hybridized carbons (Fsp3) is 1.00. The lowest BCUT2D eigenvalue weighted by atomic mass is 10.0. The normalized spacial score (nSPS) is 14.6. The van der Waals surface area contributed by atoms with Gasteiger partial charge in [-0.25, -0.2) is 26.3 Å². The second-order valence-corrected chi connectivity index (χ2v) is 3.34. The summed E-state index contributed by atoms with van der Waals surface area (Å²) >= 11 is 0. The van der Waals surface area contributed by atoms with Crippen LogP contribution in [0, 0.1) is 0 Å². The van der Waals surface area contributed by atoms with Crippen molar-refractivity contribution in [2.45, 2.75) is 37.5 Å². The Bertz CT molecular complexity index is 185. The Morgan fingerprint density at radius 1 is 0.857 bits per heavy atom. The van der Waals surface area contributed by atoms with Crippen LogP contribution in [0.25, 0.3) is 0 Å². The predicted octanol–water partition coefficient (Wildman–Crippen LogP) is 2.65.